The van der Waals surface area contributed by atoms with E-state index in [0.29, 0.717) is 16.7 Å². The van der Waals surface area contributed by atoms with Crippen LogP contribution in [-0.4, -0.2) is 24.5 Å². The molecule has 0 atom stereocenters. The van der Waals surface area contributed by atoms with Crippen molar-refractivity contribution in [3.05, 3.63) is 99.4 Å². The molecule has 2 aromatic carbocycles. The van der Waals surface area contributed by atoms with Crippen molar-refractivity contribution in [2.24, 2.45) is 4.40 Å². The summed E-state index contributed by atoms with van der Waals surface area (Å²) >= 11 is 6.65. The summed E-state index contributed by atoms with van der Waals surface area (Å²) in [4.78, 5) is 18.2. The van der Waals surface area contributed by atoms with E-state index in [0.717, 1.165) is 5.56 Å². The number of nitrogens with one attached hydrogen (secondary N) is 1. The van der Waals surface area contributed by atoms with Gasteiger partial charge in [-0.15, -0.1) is 4.40 Å². The first kappa shape index (κ1) is 19.8. The Morgan fingerprint density at radius 3 is 2.55 bits per heavy atom. The van der Waals surface area contributed by atoms with Crippen molar-refractivity contribution in [2.45, 2.75) is 11.4 Å². The van der Waals surface area contributed by atoms with Crippen molar-refractivity contribution in [1.29, 1.82) is 0 Å². The number of anilines is 1. The normalized spacial score (nSPS) is 15.6. The van der Waals surface area contributed by atoms with Gasteiger partial charge in [-0.2, -0.15) is 0 Å². The summed E-state index contributed by atoms with van der Waals surface area (Å²) in [5.41, 5.74) is 1.45. The third kappa shape index (κ3) is 3.39. The van der Waals surface area contributed by atoms with E-state index < -0.39 is 16.3 Å². The zero-order chi connectivity index (χ0) is 21.6. The molecule has 0 aliphatic carbocycles. The molecule has 0 spiro atoms. The van der Waals surface area contributed by atoms with Crippen LogP contribution in [0.15, 0.2) is 87.0 Å². The Morgan fingerprint density at radius 2 is 1.74 bits per heavy atom. The monoisotopic (exact) mass is 452 g/mol. The average molecular weight is 453 g/mol. The highest BCUT2D eigenvalue weighted by molar-refractivity contribution is 8.23. The van der Waals surface area contributed by atoms with Crippen LogP contribution in [-0.2, 0) is 6.54 Å². The van der Waals surface area contributed by atoms with Crippen molar-refractivity contribution in [3.8, 4) is 0 Å². The van der Waals surface area contributed by atoms with Crippen LogP contribution in [0.1, 0.15) is 11.1 Å². The van der Waals surface area contributed by atoms with Gasteiger partial charge < -0.3 is 5.32 Å². The second kappa shape index (κ2) is 7.51. The minimum Gasteiger partial charge on any atom is -0.337 e. The number of pyridine rings is 2. The van der Waals surface area contributed by atoms with Gasteiger partial charge in [0.1, 0.15) is 16.1 Å². The predicted octanol–water partition coefficient (Wildman–Crippen LogP) is 5.00. The Kier molecular flexibility index (Phi) is 4.79. The van der Waals surface area contributed by atoms with Gasteiger partial charge in [-0.3, -0.25) is 18.5 Å². The Hall–Kier alpha value is -3.17. The largest absolute Gasteiger partial charge is 0.337 e. The average Bonchev–Trinajstić information content (AvgIpc) is 2.77. The number of para-hydroxylation sites is 1. The summed E-state index contributed by atoms with van der Waals surface area (Å²) in [7, 11) is -3.49. The van der Waals surface area contributed by atoms with Crippen molar-refractivity contribution >= 4 is 44.9 Å². The maximum Gasteiger partial charge on any atom is 0.265 e. The Bertz CT molecular complexity index is 1400. The van der Waals surface area contributed by atoms with E-state index in [1.807, 2.05) is 30.3 Å². The summed E-state index contributed by atoms with van der Waals surface area (Å²) in [6.07, 6.45) is 1.60. The summed E-state index contributed by atoms with van der Waals surface area (Å²) in [6, 6.07) is 19.7. The fraction of sp³-hybridized carbons (Fsp3) is 0.0455. The van der Waals surface area contributed by atoms with Gasteiger partial charge in [-0.25, -0.2) is 4.98 Å². The summed E-state index contributed by atoms with van der Waals surface area (Å²) in [6.45, 7) is 0.275. The lowest BCUT2D eigenvalue weighted by molar-refractivity contribution is 0.489. The Balaban J connectivity index is 1.75. The molecule has 0 fully saturated rings. The van der Waals surface area contributed by atoms with Crippen molar-refractivity contribution in [1.82, 2.24) is 9.55 Å². The molecule has 1 aliphatic rings. The molecule has 4 aromatic rings. The van der Waals surface area contributed by atoms with E-state index in [2.05, 4.69) is 14.7 Å². The van der Waals surface area contributed by atoms with Gasteiger partial charge in [0.2, 0.25) is 0 Å². The number of hydrogen-bond donors (Lipinski definition) is 3. The molecule has 0 bridgehead atoms. The zero-order valence-electron chi connectivity index (χ0n) is 16.1. The third-order valence-electron chi connectivity index (χ3n) is 5.03. The summed E-state index contributed by atoms with van der Waals surface area (Å²) < 4.78 is 26.8. The Labute approximate surface area is 184 Å². The third-order valence-corrected chi connectivity index (χ3v) is 6.81. The number of rotatable bonds is 3. The number of aromatic nitrogens is 2. The molecule has 0 unspecified atom stereocenters. The number of fused-ring (bicyclic) bond motifs is 2. The quantitative estimate of drug-likeness (QED) is 0.406. The number of amidine groups is 1. The van der Waals surface area contributed by atoms with Crippen LogP contribution in [0.4, 0.5) is 5.69 Å². The minimum absolute atomic E-state index is 0.0151. The zero-order valence-corrected chi connectivity index (χ0v) is 17.6. The molecule has 2 aromatic heterocycles. The van der Waals surface area contributed by atoms with Gasteiger partial charge in [0.05, 0.1) is 17.3 Å². The molecule has 3 N–H and O–H groups in total. The molecule has 156 valence electrons. The second-order valence-electron chi connectivity index (χ2n) is 7.02. The smallest absolute Gasteiger partial charge is 0.265 e. The molecule has 3 heterocycles. The number of hydrogen-bond acceptors (Lipinski definition) is 6. The predicted molar refractivity (Wildman–Crippen MR) is 124 cm³/mol. The number of benzene rings is 2. The van der Waals surface area contributed by atoms with Gasteiger partial charge in [0, 0.05) is 11.6 Å². The van der Waals surface area contributed by atoms with Crippen LogP contribution in [0.5, 0.6) is 0 Å². The van der Waals surface area contributed by atoms with Crippen molar-refractivity contribution < 1.29 is 9.11 Å². The van der Waals surface area contributed by atoms with E-state index in [1.54, 1.807) is 42.6 Å². The summed E-state index contributed by atoms with van der Waals surface area (Å²) in [5, 5.41) is 3.75. The first-order valence-electron chi connectivity index (χ1n) is 9.41. The topological polar surface area (TPSA) is 99.7 Å². The van der Waals surface area contributed by atoms with Crippen LogP contribution in [0.2, 0.25) is 5.02 Å². The van der Waals surface area contributed by atoms with E-state index in [4.69, 9.17) is 11.6 Å². The van der Waals surface area contributed by atoms with Gasteiger partial charge in [0.15, 0.2) is 5.84 Å². The lowest BCUT2D eigenvalue weighted by Crippen LogP contribution is -2.33. The van der Waals surface area contributed by atoms with Gasteiger partial charge >= 0.3 is 0 Å². The first-order chi connectivity index (χ1) is 15.0. The molecule has 31 heavy (non-hydrogen) atoms. The highest BCUT2D eigenvalue weighted by Gasteiger charge is 2.29. The van der Waals surface area contributed by atoms with Crippen molar-refractivity contribution in [3.63, 3.8) is 0 Å². The van der Waals surface area contributed by atoms with E-state index in [1.165, 1.54) is 4.57 Å². The van der Waals surface area contributed by atoms with Crippen molar-refractivity contribution in [2.75, 3.05) is 5.32 Å². The highest BCUT2D eigenvalue weighted by Crippen LogP contribution is 2.55. The van der Waals surface area contributed by atoms with Crippen LogP contribution in [0, 0.1) is 0 Å². The van der Waals surface area contributed by atoms with Crippen LogP contribution in [0.25, 0.3) is 11.0 Å². The van der Waals surface area contributed by atoms with Crippen LogP contribution >= 0.6 is 22.4 Å². The molecular formula is C22H17ClN4O3S. The molecule has 1 aliphatic heterocycles. The van der Waals surface area contributed by atoms with Gasteiger partial charge in [0.25, 0.3) is 5.56 Å². The second-order valence-corrected chi connectivity index (χ2v) is 9.06. The molecule has 7 nitrogen and oxygen atoms in total. The first-order valence-corrected chi connectivity index (χ1v) is 11.3. The Morgan fingerprint density at radius 1 is 1.00 bits per heavy atom. The standard InChI is InChI=1S/C22H17ClN4O3S/c23-19-15-9-6-12-24-21(15)27(13-14-7-2-1-3-8-14)22(28)18(19)20-25-16-10-4-5-11-17(16)31(29,30)26-20/h1-12,29-30H,13H2,(H,25,26). The molecule has 9 heteroatoms. The fourth-order valence-electron chi connectivity index (χ4n) is 3.60. The summed E-state index contributed by atoms with van der Waals surface area (Å²) in [5.74, 6) is 0.0151. The van der Waals surface area contributed by atoms with E-state index in [-0.39, 0.29) is 27.9 Å². The molecule has 5 rings (SSSR count). The number of halogens is 1. The molecule has 0 radical (unpaired) electrons. The molecular weight excluding hydrogens is 436 g/mol. The number of nitrogens with zero attached hydrogens (tertiary/aromatic N) is 3. The molecule has 0 amide bonds. The van der Waals surface area contributed by atoms with Crippen LogP contribution < -0.4 is 10.9 Å². The maximum atomic E-state index is 13.6. The lowest BCUT2D eigenvalue weighted by atomic mass is 10.1. The van der Waals surface area contributed by atoms with Gasteiger partial charge in [-0.05, 0) is 29.8 Å². The van der Waals surface area contributed by atoms with E-state index in [9.17, 15) is 13.9 Å². The fourth-order valence-corrected chi connectivity index (χ4v) is 5.09. The lowest BCUT2D eigenvalue weighted by Gasteiger charge is -2.34. The molecule has 0 saturated carbocycles. The van der Waals surface area contributed by atoms with E-state index >= 15 is 0 Å². The minimum atomic E-state index is -3.49. The maximum absolute atomic E-state index is 13.6. The highest BCUT2D eigenvalue weighted by atomic mass is 35.5. The van der Waals surface area contributed by atoms with Crippen LogP contribution in [0.3, 0.4) is 0 Å². The molecule has 0 saturated heterocycles. The van der Waals surface area contributed by atoms with Gasteiger partial charge in [-0.1, -0.05) is 64.8 Å². The SMILES string of the molecule is O=c1c(C2=NS(O)(O)c3ccccc3N2)c(Cl)c2cccnc2n1Cc1ccccc1.